The number of nitrogens with zero attached hydrogens (tertiary/aromatic N) is 1. The molecule has 0 fully saturated rings. The van der Waals surface area contributed by atoms with Crippen LogP contribution in [-0.2, 0) is 6.54 Å². The average Bonchev–Trinajstić information content (AvgIpc) is 2.41. The fourth-order valence-corrected chi connectivity index (χ4v) is 1.98. The van der Waals surface area contributed by atoms with Crippen LogP contribution in [0.3, 0.4) is 0 Å². The van der Waals surface area contributed by atoms with Gasteiger partial charge < -0.3 is 10.1 Å². The zero-order valence-corrected chi connectivity index (χ0v) is 12.6. The molecule has 20 heavy (non-hydrogen) atoms. The predicted molar refractivity (Wildman–Crippen MR) is 82.2 cm³/mol. The van der Waals surface area contributed by atoms with E-state index >= 15 is 0 Å². The Kier molecular flexibility index (Phi) is 4.74. The SMILES string of the molecule is Cc1ccc(Oc2ncccc2CNC(C)C)c(C)c1. The number of aromatic nitrogens is 1. The Labute approximate surface area is 121 Å². The van der Waals surface area contributed by atoms with Crippen molar-refractivity contribution in [2.75, 3.05) is 0 Å². The number of ether oxygens (including phenoxy) is 1. The molecule has 0 saturated heterocycles. The molecule has 0 aliphatic rings. The Hall–Kier alpha value is -1.87. The molecule has 1 aromatic heterocycles. The molecule has 3 nitrogen and oxygen atoms in total. The van der Waals surface area contributed by atoms with Crippen LogP contribution in [0.25, 0.3) is 0 Å². The van der Waals surface area contributed by atoms with Crippen LogP contribution >= 0.6 is 0 Å². The zero-order valence-electron chi connectivity index (χ0n) is 12.6. The van der Waals surface area contributed by atoms with Crippen molar-refractivity contribution in [3.05, 3.63) is 53.2 Å². The van der Waals surface area contributed by atoms with Crippen molar-refractivity contribution in [1.29, 1.82) is 0 Å². The van der Waals surface area contributed by atoms with Crippen molar-refractivity contribution in [2.24, 2.45) is 0 Å². The third-order valence-corrected chi connectivity index (χ3v) is 3.09. The van der Waals surface area contributed by atoms with Crippen LogP contribution < -0.4 is 10.1 Å². The second-order valence-electron chi connectivity index (χ2n) is 5.37. The molecular weight excluding hydrogens is 248 g/mol. The summed E-state index contributed by atoms with van der Waals surface area (Å²) in [6, 6.07) is 10.6. The fourth-order valence-electron chi connectivity index (χ4n) is 1.98. The van der Waals surface area contributed by atoms with E-state index in [2.05, 4.69) is 50.1 Å². The molecule has 0 aliphatic carbocycles. The largest absolute Gasteiger partial charge is 0.438 e. The summed E-state index contributed by atoms with van der Waals surface area (Å²) in [5, 5.41) is 3.39. The highest BCUT2D eigenvalue weighted by molar-refractivity contribution is 5.39. The summed E-state index contributed by atoms with van der Waals surface area (Å²) in [4.78, 5) is 4.35. The first kappa shape index (κ1) is 14.5. The van der Waals surface area contributed by atoms with Crippen LogP contribution in [0.15, 0.2) is 36.5 Å². The topological polar surface area (TPSA) is 34.1 Å². The standard InChI is InChI=1S/C17H22N2O/c1-12(2)19-11-15-6-5-9-18-17(15)20-16-8-7-13(3)10-14(16)4/h5-10,12,19H,11H2,1-4H3. The van der Waals surface area contributed by atoms with E-state index in [4.69, 9.17) is 4.74 Å². The van der Waals surface area contributed by atoms with Gasteiger partial charge in [0.25, 0.3) is 0 Å². The first-order valence-corrected chi connectivity index (χ1v) is 6.98. The van der Waals surface area contributed by atoms with Gasteiger partial charge in [-0.15, -0.1) is 0 Å². The normalized spacial score (nSPS) is 10.8. The molecule has 2 rings (SSSR count). The number of nitrogens with one attached hydrogen (secondary N) is 1. The van der Waals surface area contributed by atoms with E-state index in [1.54, 1.807) is 6.20 Å². The van der Waals surface area contributed by atoms with Crippen molar-refractivity contribution >= 4 is 0 Å². The minimum atomic E-state index is 0.434. The van der Waals surface area contributed by atoms with Crippen molar-refractivity contribution in [3.63, 3.8) is 0 Å². The van der Waals surface area contributed by atoms with Gasteiger partial charge in [-0.2, -0.15) is 0 Å². The van der Waals surface area contributed by atoms with Crippen LogP contribution in [0.5, 0.6) is 11.6 Å². The minimum absolute atomic E-state index is 0.434. The van der Waals surface area contributed by atoms with Gasteiger partial charge in [-0.3, -0.25) is 0 Å². The van der Waals surface area contributed by atoms with Gasteiger partial charge in [0.15, 0.2) is 0 Å². The predicted octanol–water partition coefficient (Wildman–Crippen LogP) is 3.99. The molecule has 0 unspecified atom stereocenters. The highest BCUT2D eigenvalue weighted by Crippen LogP contribution is 2.26. The Balaban J connectivity index is 2.20. The summed E-state index contributed by atoms with van der Waals surface area (Å²) >= 11 is 0. The Morgan fingerprint density at radius 3 is 2.70 bits per heavy atom. The number of pyridine rings is 1. The highest BCUT2D eigenvalue weighted by Gasteiger charge is 2.08. The summed E-state index contributed by atoms with van der Waals surface area (Å²) < 4.78 is 5.98. The van der Waals surface area contributed by atoms with Crippen LogP contribution in [0.4, 0.5) is 0 Å². The highest BCUT2D eigenvalue weighted by atomic mass is 16.5. The average molecular weight is 270 g/mol. The third kappa shape index (κ3) is 3.81. The van der Waals surface area contributed by atoms with Crippen molar-refractivity contribution in [3.8, 4) is 11.6 Å². The number of rotatable bonds is 5. The third-order valence-electron chi connectivity index (χ3n) is 3.09. The molecule has 1 N–H and O–H groups in total. The van der Waals surface area contributed by atoms with Gasteiger partial charge in [0.2, 0.25) is 5.88 Å². The summed E-state index contributed by atoms with van der Waals surface area (Å²) in [7, 11) is 0. The maximum Gasteiger partial charge on any atom is 0.223 e. The van der Waals surface area contributed by atoms with Gasteiger partial charge in [0.1, 0.15) is 5.75 Å². The van der Waals surface area contributed by atoms with Gasteiger partial charge in [-0.25, -0.2) is 4.98 Å². The first-order chi connectivity index (χ1) is 9.56. The Morgan fingerprint density at radius 2 is 2.00 bits per heavy atom. The molecule has 3 heteroatoms. The number of aryl methyl sites for hydroxylation is 2. The number of hydrogen-bond acceptors (Lipinski definition) is 3. The Morgan fingerprint density at radius 1 is 1.20 bits per heavy atom. The van der Waals surface area contributed by atoms with Crippen molar-refractivity contribution in [1.82, 2.24) is 10.3 Å². The summed E-state index contributed by atoms with van der Waals surface area (Å²) in [6.45, 7) is 9.14. The van der Waals surface area contributed by atoms with E-state index < -0.39 is 0 Å². The molecule has 0 atom stereocenters. The first-order valence-electron chi connectivity index (χ1n) is 6.98. The maximum atomic E-state index is 5.98. The van der Waals surface area contributed by atoms with Gasteiger partial charge in [0.05, 0.1) is 0 Å². The van der Waals surface area contributed by atoms with Gasteiger partial charge in [-0.05, 0) is 31.5 Å². The smallest absolute Gasteiger partial charge is 0.223 e. The van der Waals surface area contributed by atoms with Gasteiger partial charge in [0, 0.05) is 24.3 Å². The minimum Gasteiger partial charge on any atom is -0.438 e. The molecule has 0 saturated carbocycles. The molecule has 0 amide bonds. The van der Waals surface area contributed by atoms with Gasteiger partial charge in [-0.1, -0.05) is 37.6 Å². The van der Waals surface area contributed by atoms with Gasteiger partial charge >= 0.3 is 0 Å². The van der Waals surface area contributed by atoms with E-state index in [0.29, 0.717) is 11.9 Å². The number of hydrogen-bond donors (Lipinski definition) is 1. The molecule has 0 spiro atoms. The quantitative estimate of drug-likeness (QED) is 0.892. The molecule has 1 aromatic carbocycles. The summed E-state index contributed by atoms with van der Waals surface area (Å²) in [5.41, 5.74) is 3.43. The van der Waals surface area contributed by atoms with E-state index in [0.717, 1.165) is 23.4 Å². The fraction of sp³-hybridized carbons (Fsp3) is 0.353. The molecule has 0 radical (unpaired) electrons. The monoisotopic (exact) mass is 270 g/mol. The van der Waals surface area contributed by atoms with Crippen LogP contribution in [0, 0.1) is 13.8 Å². The molecular formula is C17H22N2O. The van der Waals surface area contributed by atoms with E-state index in [1.807, 2.05) is 18.2 Å². The van der Waals surface area contributed by atoms with Crippen molar-refractivity contribution in [2.45, 2.75) is 40.3 Å². The van der Waals surface area contributed by atoms with Crippen LogP contribution in [-0.4, -0.2) is 11.0 Å². The van der Waals surface area contributed by atoms with E-state index in [1.165, 1.54) is 5.56 Å². The molecule has 106 valence electrons. The molecule has 2 aromatic rings. The van der Waals surface area contributed by atoms with E-state index in [-0.39, 0.29) is 0 Å². The van der Waals surface area contributed by atoms with Crippen LogP contribution in [0.1, 0.15) is 30.5 Å². The second kappa shape index (κ2) is 6.53. The maximum absolute atomic E-state index is 5.98. The Bertz CT molecular complexity index is 579. The molecule has 0 aliphatic heterocycles. The zero-order chi connectivity index (χ0) is 14.5. The molecule has 1 heterocycles. The second-order valence-corrected chi connectivity index (χ2v) is 5.37. The summed E-state index contributed by atoms with van der Waals surface area (Å²) in [6.07, 6.45) is 1.76. The lowest BCUT2D eigenvalue weighted by atomic mass is 10.1. The van der Waals surface area contributed by atoms with Crippen molar-refractivity contribution < 1.29 is 4.74 Å². The lowest BCUT2D eigenvalue weighted by molar-refractivity contribution is 0.447. The van der Waals surface area contributed by atoms with Crippen LogP contribution in [0.2, 0.25) is 0 Å². The van der Waals surface area contributed by atoms with E-state index in [9.17, 15) is 0 Å². The molecule has 0 bridgehead atoms. The lowest BCUT2D eigenvalue weighted by Gasteiger charge is -2.13. The number of benzene rings is 1. The summed E-state index contributed by atoms with van der Waals surface area (Å²) in [5.74, 6) is 1.53. The lowest BCUT2D eigenvalue weighted by Crippen LogP contribution is -2.22.